The van der Waals surface area contributed by atoms with Crippen molar-refractivity contribution < 1.29 is 25.4 Å². The quantitative estimate of drug-likeness (QED) is 0.602. The number of hydrogen-bond donors (Lipinski definition) is 1. The molecule has 0 saturated carbocycles. The normalized spacial score (nSPS) is 22.0. The SMILES string of the molecule is C/C(=C/C[C@H](O)C(=O)N1C(=O)OC[C@@H]1C)COP.[3HH]. The third-order valence-electron chi connectivity index (χ3n) is 2.61. The van der Waals surface area contributed by atoms with Crippen molar-refractivity contribution in [2.24, 2.45) is 0 Å². The molecule has 3 atom stereocenters. The predicted molar refractivity (Wildman–Crippen MR) is 69.8 cm³/mol. The fourth-order valence-corrected chi connectivity index (χ4v) is 1.85. The molecule has 0 spiro atoms. The first-order chi connectivity index (χ1) is 8.47. The van der Waals surface area contributed by atoms with Crippen LogP contribution >= 0.6 is 9.47 Å². The van der Waals surface area contributed by atoms with Crippen LogP contribution in [0, 0.1) is 0 Å². The van der Waals surface area contributed by atoms with E-state index in [0.29, 0.717) is 6.61 Å². The van der Waals surface area contributed by atoms with Crippen molar-refractivity contribution in [3.8, 4) is 0 Å². The summed E-state index contributed by atoms with van der Waals surface area (Å²) in [5.74, 6) is -0.624. The van der Waals surface area contributed by atoms with E-state index < -0.39 is 18.1 Å². The zero-order chi connectivity index (χ0) is 13.7. The summed E-state index contributed by atoms with van der Waals surface area (Å²) in [6.07, 6.45) is -0.0773. The number of carbonyl (C=O) groups is 2. The molecule has 104 valence electrons. The monoisotopic (exact) mass is 279 g/mol. The van der Waals surface area contributed by atoms with E-state index in [9.17, 15) is 14.7 Å². The summed E-state index contributed by atoms with van der Waals surface area (Å²) in [6.45, 7) is 4.10. The van der Waals surface area contributed by atoms with Gasteiger partial charge < -0.3 is 14.4 Å². The van der Waals surface area contributed by atoms with Gasteiger partial charge in [-0.15, -0.1) is 0 Å². The molecule has 0 aromatic rings. The van der Waals surface area contributed by atoms with E-state index >= 15 is 0 Å². The fourth-order valence-electron chi connectivity index (χ4n) is 1.59. The first-order valence-corrected chi connectivity index (χ1v) is 6.09. The number of imide groups is 1. The summed E-state index contributed by atoms with van der Waals surface area (Å²) in [4.78, 5) is 24.1. The maximum atomic E-state index is 11.8. The van der Waals surface area contributed by atoms with Gasteiger partial charge in [0, 0.05) is 17.3 Å². The van der Waals surface area contributed by atoms with E-state index in [1.54, 1.807) is 13.0 Å². The average molecular weight is 279 g/mol. The maximum Gasteiger partial charge on any atom is 0.417 e. The molecule has 0 radical (unpaired) electrons. The Labute approximate surface area is 110 Å². The van der Waals surface area contributed by atoms with Crippen molar-refractivity contribution in [3.63, 3.8) is 0 Å². The number of aliphatic hydroxyl groups excluding tert-OH is 1. The van der Waals surface area contributed by atoms with E-state index in [1.165, 1.54) is 0 Å². The van der Waals surface area contributed by atoms with Crippen LogP contribution in [0.25, 0.3) is 0 Å². The Morgan fingerprint density at radius 3 is 3.00 bits per heavy atom. The largest absolute Gasteiger partial charge is 0.447 e. The molecule has 0 bridgehead atoms. The number of ether oxygens (including phenoxy) is 1. The number of aliphatic hydroxyl groups is 1. The van der Waals surface area contributed by atoms with Gasteiger partial charge in [-0.2, -0.15) is 0 Å². The number of hydrogen-bond acceptors (Lipinski definition) is 5. The van der Waals surface area contributed by atoms with Crippen LogP contribution in [0.2, 0.25) is 0 Å². The molecule has 0 aliphatic carbocycles. The zero-order valence-corrected chi connectivity index (χ0v) is 11.6. The molecule has 2 amide bonds. The average Bonchev–Trinajstić information content (AvgIpc) is 2.65. The van der Waals surface area contributed by atoms with Crippen LogP contribution in [0.3, 0.4) is 0 Å². The van der Waals surface area contributed by atoms with Gasteiger partial charge in [0.1, 0.15) is 12.7 Å². The van der Waals surface area contributed by atoms with Crippen LogP contribution in [-0.4, -0.2) is 47.4 Å². The van der Waals surface area contributed by atoms with Crippen LogP contribution in [0.5, 0.6) is 0 Å². The second kappa shape index (κ2) is 6.83. The van der Waals surface area contributed by atoms with Crippen molar-refractivity contribution in [1.82, 2.24) is 4.90 Å². The molecule has 0 aromatic heterocycles. The lowest BCUT2D eigenvalue weighted by atomic mass is 10.1. The molecule has 1 aliphatic rings. The minimum Gasteiger partial charge on any atom is -0.447 e. The van der Waals surface area contributed by atoms with Crippen LogP contribution in [0.4, 0.5) is 4.79 Å². The lowest BCUT2D eigenvalue weighted by Crippen LogP contribution is -2.43. The molecule has 1 saturated heterocycles. The highest BCUT2D eigenvalue weighted by atomic mass is 31.0. The minimum atomic E-state index is -1.24. The first-order valence-electron chi connectivity index (χ1n) is 5.62. The van der Waals surface area contributed by atoms with Crippen molar-refractivity contribution in [2.45, 2.75) is 32.4 Å². The summed E-state index contributed by atoms with van der Waals surface area (Å²) in [5.41, 5.74) is 0.897. The van der Waals surface area contributed by atoms with Crippen molar-refractivity contribution in [3.05, 3.63) is 11.6 Å². The van der Waals surface area contributed by atoms with Crippen LogP contribution in [0.1, 0.15) is 21.7 Å². The second-order valence-electron chi connectivity index (χ2n) is 4.25. The molecule has 1 unspecified atom stereocenters. The number of carbonyl (C=O) groups excluding carboxylic acids is 2. The summed E-state index contributed by atoms with van der Waals surface area (Å²) in [7, 11) is 2.12. The van der Waals surface area contributed by atoms with E-state index in [2.05, 4.69) is 9.47 Å². The fraction of sp³-hybridized carbons (Fsp3) is 0.636. The third-order valence-corrected chi connectivity index (χ3v) is 2.78. The molecule has 1 rings (SSSR count). The first kappa shape index (κ1) is 15.1. The molecule has 1 aliphatic heterocycles. The Morgan fingerprint density at radius 2 is 2.50 bits per heavy atom. The van der Waals surface area contributed by atoms with Crippen molar-refractivity contribution in [2.75, 3.05) is 13.2 Å². The van der Waals surface area contributed by atoms with Gasteiger partial charge in [0.15, 0.2) is 0 Å². The van der Waals surface area contributed by atoms with Gasteiger partial charge in [0.2, 0.25) is 0 Å². The second-order valence-corrected chi connectivity index (χ2v) is 4.58. The number of rotatable bonds is 5. The van der Waals surface area contributed by atoms with E-state index in [-0.39, 0.29) is 20.5 Å². The van der Waals surface area contributed by atoms with Gasteiger partial charge in [-0.05, 0) is 13.8 Å². The molecule has 6 nitrogen and oxygen atoms in total. The Hall–Kier alpha value is -0.970. The molecule has 1 fully saturated rings. The van der Waals surface area contributed by atoms with Gasteiger partial charge >= 0.3 is 6.09 Å². The summed E-state index contributed by atoms with van der Waals surface area (Å²) < 4.78 is 9.56. The molecule has 18 heavy (non-hydrogen) atoms. The lowest BCUT2D eigenvalue weighted by molar-refractivity contribution is -0.137. The van der Waals surface area contributed by atoms with Crippen LogP contribution < -0.4 is 0 Å². The van der Waals surface area contributed by atoms with E-state index in [4.69, 9.17) is 9.26 Å². The third kappa shape index (κ3) is 3.77. The highest BCUT2D eigenvalue weighted by Crippen LogP contribution is 2.15. The number of amides is 2. The Kier molecular flexibility index (Phi) is 5.72. The van der Waals surface area contributed by atoms with Gasteiger partial charge in [-0.1, -0.05) is 11.6 Å². The molecule has 1 N–H and O–H groups in total. The topological polar surface area (TPSA) is 76.1 Å². The molecule has 1 heterocycles. The highest BCUT2D eigenvalue weighted by Gasteiger charge is 2.37. The van der Waals surface area contributed by atoms with Crippen LogP contribution in [-0.2, 0) is 14.1 Å². The highest BCUT2D eigenvalue weighted by molar-refractivity contribution is 7.09. The van der Waals surface area contributed by atoms with Gasteiger partial charge in [0.05, 0.1) is 12.6 Å². The van der Waals surface area contributed by atoms with Gasteiger partial charge in [-0.3, -0.25) is 4.79 Å². The minimum absolute atomic E-state index is 0. The zero-order valence-electron chi connectivity index (χ0n) is 10.5. The smallest absolute Gasteiger partial charge is 0.417 e. The predicted octanol–water partition coefficient (Wildman–Crippen LogP) is 1.10. The summed E-state index contributed by atoms with van der Waals surface area (Å²) in [6, 6.07) is -0.333. The van der Waals surface area contributed by atoms with Crippen molar-refractivity contribution >= 4 is 21.5 Å². The molecule has 7 heteroatoms. The number of nitrogens with zero attached hydrogens (tertiary/aromatic N) is 1. The Balaban J connectivity index is 0.00000324. The standard InChI is InChI=1S/C11H18NO5P.H2/c1-7(5-17-18)3-4-9(13)10(14)12-8(2)6-16-11(12)15;/h3,8-9,13H,4-6,18H2,1-2H3;1H/b7-3-;/t8-,9-;/m0./s1/i;1+2. The Morgan fingerprint density at radius 1 is 1.83 bits per heavy atom. The van der Waals surface area contributed by atoms with E-state index in [1.807, 2.05) is 6.92 Å². The summed E-state index contributed by atoms with van der Waals surface area (Å²) >= 11 is 0. The van der Waals surface area contributed by atoms with Gasteiger partial charge in [-0.25, -0.2) is 9.69 Å². The maximum absolute atomic E-state index is 11.8. The molecular weight excluding hydrogens is 257 g/mol. The van der Waals surface area contributed by atoms with Gasteiger partial charge in [0.25, 0.3) is 5.91 Å². The van der Waals surface area contributed by atoms with E-state index in [0.717, 1.165) is 10.5 Å². The molecule has 0 aromatic carbocycles. The summed E-state index contributed by atoms with van der Waals surface area (Å²) in [5, 5.41) is 9.74. The lowest BCUT2D eigenvalue weighted by Gasteiger charge is -2.18. The van der Waals surface area contributed by atoms with Crippen molar-refractivity contribution in [1.29, 1.82) is 0 Å². The van der Waals surface area contributed by atoms with Crippen LogP contribution in [0.15, 0.2) is 11.6 Å². The Bertz CT molecular complexity index is 363. The number of cyclic esters (lactones) is 1. The molecular formula is C11H20NO5P.